The number of nitrogens with zero attached hydrogens (tertiary/aromatic N) is 5. The molecule has 0 atom stereocenters. The number of aromatic nitrogens is 2. The van der Waals surface area contributed by atoms with E-state index >= 15 is 0 Å². The summed E-state index contributed by atoms with van der Waals surface area (Å²) in [6.45, 7) is 6.97. The predicted molar refractivity (Wildman–Crippen MR) is 201 cm³/mol. The van der Waals surface area contributed by atoms with Crippen LogP contribution in [0.1, 0.15) is 113 Å². The molecule has 0 radical (unpaired) electrons. The van der Waals surface area contributed by atoms with E-state index in [1.54, 1.807) is 16.7 Å². The molecule has 0 spiro atoms. The van der Waals surface area contributed by atoms with Crippen LogP contribution in [0.2, 0.25) is 0 Å². The largest absolute Gasteiger partial charge is 0.356 e. The van der Waals surface area contributed by atoms with Crippen molar-refractivity contribution in [3.05, 3.63) is 39.8 Å². The fourth-order valence-corrected chi connectivity index (χ4v) is 5.49. The number of fused-ring (bicyclic) bond motifs is 1. The molecule has 55 heavy (non-hydrogen) atoms. The van der Waals surface area contributed by atoms with Crippen LogP contribution in [-0.2, 0) is 30.5 Å². The molecule has 306 valence electrons. The lowest BCUT2D eigenvalue weighted by Gasteiger charge is -2.15. The molecule has 0 aliphatic carbocycles. The summed E-state index contributed by atoms with van der Waals surface area (Å²) in [6, 6.07) is 3.41. The van der Waals surface area contributed by atoms with Crippen LogP contribution >= 0.6 is 0 Å². The minimum atomic E-state index is -0.584. The lowest BCUT2D eigenvalue weighted by atomic mass is 10.1. The van der Waals surface area contributed by atoms with E-state index in [1.165, 1.54) is 13.1 Å². The van der Waals surface area contributed by atoms with E-state index in [0.717, 1.165) is 5.69 Å². The van der Waals surface area contributed by atoms with E-state index in [2.05, 4.69) is 20.9 Å². The molecule has 2 aromatic heterocycles. The number of pyridine rings is 2. The number of hydrogen-bond donors (Lipinski definition) is 6. The lowest BCUT2D eigenvalue weighted by Crippen LogP contribution is -2.32. The summed E-state index contributed by atoms with van der Waals surface area (Å²) in [5.74, 6) is -2.72. The predicted octanol–water partition coefficient (Wildman–Crippen LogP) is 2.43. The number of hydrogen-bond acceptors (Lipinski definition) is 11. The van der Waals surface area contributed by atoms with Crippen LogP contribution in [0.4, 0.5) is 0 Å². The Labute approximate surface area is 321 Å². The Hall–Kier alpha value is -4.94. The number of aryl methyl sites for hydroxylation is 2. The van der Waals surface area contributed by atoms with Gasteiger partial charge in [0.05, 0.1) is 5.39 Å². The standard InChI is InChI=1S/C37H58N8O10/c1-4-42-26-30(35(51)29-15-14-27(2)41-36(29)42)37(52)40-22-10-7-13-25-45(55)34(50)19-17-32(48)39-21-9-6-12-24-44(54)33(49)18-16-31(47)38-20-8-5-11-23-43(53)28(3)46/h14-15,26,53-55H,4-13,16-25H2,1-3H3,(H,38,47)(H,39,48)(H,40,52). The Balaban J connectivity index is 1.49. The van der Waals surface area contributed by atoms with Gasteiger partial charge in [0.1, 0.15) is 11.2 Å². The van der Waals surface area contributed by atoms with Crippen LogP contribution in [0.15, 0.2) is 23.1 Å². The van der Waals surface area contributed by atoms with Crippen molar-refractivity contribution in [3.8, 4) is 0 Å². The molecule has 18 heteroatoms. The fourth-order valence-electron chi connectivity index (χ4n) is 5.49. The minimum absolute atomic E-state index is 0.0419. The summed E-state index contributed by atoms with van der Waals surface area (Å²) >= 11 is 0. The fraction of sp³-hybridized carbons (Fsp3) is 0.622. The summed E-state index contributed by atoms with van der Waals surface area (Å²) in [6.07, 6.45) is 6.31. The average molecular weight is 775 g/mol. The van der Waals surface area contributed by atoms with E-state index in [0.29, 0.717) is 110 Å². The maximum absolute atomic E-state index is 12.9. The van der Waals surface area contributed by atoms with Crippen LogP contribution < -0.4 is 21.4 Å². The van der Waals surface area contributed by atoms with Crippen LogP contribution in [0.3, 0.4) is 0 Å². The third kappa shape index (κ3) is 17.4. The van der Waals surface area contributed by atoms with E-state index in [4.69, 9.17) is 0 Å². The van der Waals surface area contributed by atoms with Gasteiger partial charge in [-0.1, -0.05) is 0 Å². The topological polar surface area (TPSA) is 244 Å². The zero-order valence-electron chi connectivity index (χ0n) is 32.3. The molecule has 0 aliphatic heterocycles. The zero-order valence-corrected chi connectivity index (χ0v) is 32.3. The van der Waals surface area contributed by atoms with Gasteiger partial charge in [-0.15, -0.1) is 0 Å². The summed E-state index contributed by atoms with van der Waals surface area (Å²) in [4.78, 5) is 89.4. The molecule has 2 aromatic rings. The van der Waals surface area contributed by atoms with Gasteiger partial charge in [0, 0.05) is 90.3 Å². The molecule has 2 heterocycles. The zero-order chi connectivity index (χ0) is 40.8. The second kappa shape index (κ2) is 25.2. The Kier molecular flexibility index (Phi) is 21.2. The highest BCUT2D eigenvalue weighted by Gasteiger charge is 2.17. The Morgan fingerprint density at radius 1 is 0.673 bits per heavy atom. The van der Waals surface area contributed by atoms with Crippen molar-refractivity contribution in [3.63, 3.8) is 0 Å². The third-order valence-corrected chi connectivity index (χ3v) is 8.79. The molecule has 18 nitrogen and oxygen atoms in total. The third-order valence-electron chi connectivity index (χ3n) is 8.79. The number of carbonyl (C=O) groups is 6. The van der Waals surface area contributed by atoms with Crippen molar-refractivity contribution in [1.29, 1.82) is 0 Å². The van der Waals surface area contributed by atoms with E-state index in [-0.39, 0.29) is 68.1 Å². The molecule has 0 fully saturated rings. The maximum atomic E-state index is 12.9. The number of carbonyl (C=O) groups excluding carboxylic acids is 6. The monoisotopic (exact) mass is 774 g/mol. The van der Waals surface area contributed by atoms with Gasteiger partial charge in [-0.05, 0) is 83.8 Å². The molecular formula is C37H58N8O10. The highest BCUT2D eigenvalue weighted by atomic mass is 16.5. The van der Waals surface area contributed by atoms with Gasteiger partial charge in [0.25, 0.3) is 5.91 Å². The summed E-state index contributed by atoms with van der Waals surface area (Å²) < 4.78 is 1.77. The number of hydroxylamine groups is 6. The molecule has 0 saturated carbocycles. The first-order valence-electron chi connectivity index (χ1n) is 19.0. The normalized spacial score (nSPS) is 10.9. The molecule has 6 amide bonds. The second-order valence-electron chi connectivity index (χ2n) is 13.3. The van der Waals surface area contributed by atoms with Crippen molar-refractivity contribution < 1.29 is 44.4 Å². The quantitative estimate of drug-likeness (QED) is 0.0461. The number of nitrogens with one attached hydrogen (secondary N) is 3. The first kappa shape index (κ1) is 46.2. The molecule has 0 saturated heterocycles. The lowest BCUT2D eigenvalue weighted by molar-refractivity contribution is -0.166. The van der Waals surface area contributed by atoms with Gasteiger partial charge in [0.2, 0.25) is 35.0 Å². The number of rotatable bonds is 26. The van der Waals surface area contributed by atoms with Gasteiger partial charge in [0.15, 0.2) is 0 Å². The van der Waals surface area contributed by atoms with Gasteiger partial charge in [-0.2, -0.15) is 0 Å². The Morgan fingerprint density at radius 2 is 1.15 bits per heavy atom. The van der Waals surface area contributed by atoms with Crippen molar-refractivity contribution in [2.75, 3.05) is 39.3 Å². The highest BCUT2D eigenvalue weighted by molar-refractivity contribution is 5.96. The SMILES string of the molecule is CCn1cc(C(=O)NCCCCCN(O)C(=O)CCC(=O)NCCCCCN(O)C(=O)CCC(=O)NCCCCCN(O)C(C)=O)c(=O)c2ccc(C)nc21. The maximum Gasteiger partial charge on any atom is 0.256 e. The van der Waals surface area contributed by atoms with Crippen LogP contribution in [0, 0.1) is 6.92 Å². The van der Waals surface area contributed by atoms with Crippen LogP contribution in [0.25, 0.3) is 11.0 Å². The van der Waals surface area contributed by atoms with Gasteiger partial charge >= 0.3 is 0 Å². The first-order chi connectivity index (χ1) is 26.2. The molecule has 0 aliphatic rings. The number of unbranched alkanes of at least 4 members (excludes halogenated alkanes) is 6. The highest BCUT2D eigenvalue weighted by Crippen LogP contribution is 2.11. The van der Waals surface area contributed by atoms with Crippen molar-refractivity contribution in [2.24, 2.45) is 0 Å². The average Bonchev–Trinajstić information content (AvgIpc) is 3.16. The van der Waals surface area contributed by atoms with E-state index < -0.39 is 23.6 Å². The summed E-state index contributed by atoms with van der Waals surface area (Å²) in [7, 11) is 0. The van der Waals surface area contributed by atoms with Gasteiger partial charge in [-0.25, -0.2) is 20.2 Å². The molecule has 6 N–H and O–H groups in total. The molecule has 0 bridgehead atoms. The number of amides is 6. The first-order valence-corrected chi connectivity index (χ1v) is 19.0. The Bertz CT molecular complexity index is 1650. The smallest absolute Gasteiger partial charge is 0.256 e. The van der Waals surface area contributed by atoms with Gasteiger partial charge < -0.3 is 20.5 Å². The Morgan fingerprint density at radius 3 is 1.62 bits per heavy atom. The minimum Gasteiger partial charge on any atom is -0.356 e. The van der Waals surface area contributed by atoms with Crippen LogP contribution in [-0.4, -0.2) is 115 Å². The van der Waals surface area contributed by atoms with E-state index in [9.17, 15) is 49.2 Å². The molecule has 0 aromatic carbocycles. The molecular weight excluding hydrogens is 716 g/mol. The summed E-state index contributed by atoms with van der Waals surface area (Å²) in [5, 5.41) is 39.7. The second-order valence-corrected chi connectivity index (χ2v) is 13.3. The van der Waals surface area contributed by atoms with Crippen LogP contribution in [0.5, 0.6) is 0 Å². The van der Waals surface area contributed by atoms with E-state index in [1.807, 2.05) is 13.8 Å². The van der Waals surface area contributed by atoms with Gasteiger partial charge in [-0.3, -0.25) is 49.2 Å². The summed E-state index contributed by atoms with van der Waals surface area (Å²) in [5.41, 5.74) is 0.970. The van der Waals surface area contributed by atoms with Crippen molar-refractivity contribution >= 4 is 46.5 Å². The molecule has 0 unspecified atom stereocenters. The molecule has 2 rings (SSSR count). The van der Waals surface area contributed by atoms with Crippen molar-refractivity contribution in [2.45, 2.75) is 111 Å². The van der Waals surface area contributed by atoms with Crippen molar-refractivity contribution in [1.82, 2.24) is 40.7 Å².